The Morgan fingerprint density at radius 1 is 0.963 bits per heavy atom. The van der Waals surface area contributed by atoms with Crippen LogP contribution in [0.15, 0.2) is 42.5 Å². The molecule has 7 heteroatoms. The zero-order valence-electron chi connectivity index (χ0n) is 15.9. The van der Waals surface area contributed by atoms with Crippen molar-refractivity contribution >= 4 is 17.5 Å². The number of hydrogen-bond acceptors (Lipinski definition) is 5. The number of hydrogen-bond donors (Lipinski definition) is 1. The summed E-state index contributed by atoms with van der Waals surface area (Å²) in [7, 11) is 4.62. The zero-order valence-corrected chi connectivity index (χ0v) is 15.9. The van der Waals surface area contributed by atoms with Gasteiger partial charge in [-0.3, -0.25) is 14.5 Å². The Labute approximate surface area is 158 Å². The lowest BCUT2D eigenvalue weighted by atomic mass is 10.2. The molecule has 2 aromatic rings. The second kappa shape index (κ2) is 9.47. The Hall–Kier alpha value is -3.22. The number of amides is 2. The third kappa shape index (κ3) is 5.13. The van der Waals surface area contributed by atoms with Crippen LogP contribution in [0.3, 0.4) is 0 Å². The highest BCUT2D eigenvalue weighted by molar-refractivity contribution is 5.98. The standard InChI is InChI=1S/C20H24N2O5/c1-14(23)22(17-10-9-16(25-2)11-19(17)27-4)13-20(24)21-12-15-7-5-6-8-18(15)26-3/h5-11H,12-13H2,1-4H3,(H,21,24). The molecule has 0 aliphatic rings. The average Bonchev–Trinajstić information content (AvgIpc) is 2.70. The maximum atomic E-state index is 12.4. The van der Waals surface area contributed by atoms with Gasteiger partial charge in [0, 0.05) is 25.1 Å². The molecule has 144 valence electrons. The molecule has 0 bridgehead atoms. The number of nitrogens with zero attached hydrogens (tertiary/aromatic N) is 1. The van der Waals surface area contributed by atoms with Crippen molar-refractivity contribution in [1.29, 1.82) is 0 Å². The molecule has 0 fully saturated rings. The molecule has 7 nitrogen and oxygen atoms in total. The second-order valence-corrected chi connectivity index (χ2v) is 5.73. The molecule has 2 amide bonds. The molecular weight excluding hydrogens is 348 g/mol. The van der Waals surface area contributed by atoms with Gasteiger partial charge in [0.15, 0.2) is 0 Å². The van der Waals surface area contributed by atoms with E-state index in [2.05, 4.69) is 5.32 Å². The van der Waals surface area contributed by atoms with Gasteiger partial charge >= 0.3 is 0 Å². The first-order chi connectivity index (χ1) is 13.0. The lowest BCUT2D eigenvalue weighted by Gasteiger charge is -2.23. The van der Waals surface area contributed by atoms with Crippen LogP contribution in [0, 0.1) is 0 Å². The van der Waals surface area contributed by atoms with E-state index < -0.39 is 0 Å². The van der Waals surface area contributed by atoms with E-state index in [-0.39, 0.29) is 18.4 Å². The first-order valence-corrected chi connectivity index (χ1v) is 8.38. The Kier molecular flexibility index (Phi) is 7.05. The summed E-state index contributed by atoms with van der Waals surface area (Å²) in [6.07, 6.45) is 0. The highest BCUT2D eigenvalue weighted by Gasteiger charge is 2.20. The number of rotatable bonds is 8. The summed E-state index contributed by atoms with van der Waals surface area (Å²) in [5.74, 6) is 1.17. The van der Waals surface area contributed by atoms with Crippen LogP contribution in [0.2, 0.25) is 0 Å². The van der Waals surface area contributed by atoms with Crippen molar-refractivity contribution in [1.82, 2.24) is 5.32 Å². The van der Waals surface area contributed by atoms with Crippen LogP contribution >= 0.6 is 0 Å². The molecule has 0 unspecified atom stereocenters. The molecule has 0 spiro atoms. The van der Waals surface area contributed by atoms with E-state index in [9.17, 15) is 9.59 Å². The first-order valence-electron chi connectivity index (χ1n) is 8.38. The third-order valence-electron chi connectivity index (χ3n) is 4.03. The van der Waals surface area contributed by atoms with Crippen LogP contribution in [-0.2, 0) is 16.1 Å². The topological polar surface area (TPSA) is 77.1 Å². The van der Waals surface area contributed by atoms with Gasteiger partial charge < -0.3 is 19.5 Å². The number of methoxy groups -OCH3 is 3. The summed E-state index contributed by atoms with van der Waals surface area (Å²) in [5, 5.41) is 2.81. The van der Waals surface area contributed by atoms with Crippen molar-refractivity contribution in [3.05, 3.63) is 48.0 Å². The van der Waals surface area contributed by atoms with Gasteiger partial charge in [-0.15, -0.1) is 0 Å². The molecular formula is C20H24N2O5. The SMILES string of the molecule is COc1ccc(N(CC(=O)NCc2ccccc2OC)C(C)=O)c(OC)c1. The van der Waals surface area contributed by atoms with Crippen molar-refractivity contribution in [3.63, 3.8) is 0 Å². The molecule has 0 radical (unpaired) electrons. The Balaban J connectivity index is 2.12. The minimum absolute atomic E-state index is 0.132. The van der Waals surface area contributed by atoms with Gasteiger partial charge in [-0.2, -0.15) is 0 Å². The summed E-state index contributed by atoms with van der Waals surface area (Å²) in [5.41, 5.74) is 1.35. The molecule has 0 heterocycles. The fourth-order valence-corrected chi connectivity index (χ4v) is 2.62. The summed E-state index contributed by atoms with van der Waals surface area (Å²) in [6, 6.07) is 12.5. The average molecular weight is 372 g/mol. The van der Waals surface area contributed by atoms with Crippen LogP contribution < -0.4 is 24.4 Å². The summed E-state index contributed by atoms with van der Waals surface area (Å²) in [4.78, 5) is 25.9. The second-order valence-electron chi connectivity index (χ2n) is 5.73. The van der Waals surface area contributed by atoms with Gasteiger partial charge in [0.05, 0.1) is 27.0 Å². The van der Waals surface area contributed by atoms with Gasteiger partial charge in [-0.1, -0.05) is 18.2 Å². The Morgan fingerprint density at radius 2 is 1.67 bits per heavy atom. The number of nitrogens with one attached hydrogen (secondary N) is 1. The van der Waals surface area contributed by atoms with E-state index in [1.54, 1.807) is 32.4 Å². The van der Waals surface area contributed by atoms with Crippen molar-refractivity contribution in [2.45, 2.75) is 13.5 Å². The summed E-state index contributed by atoms with van der Waals surface area (Å²) >= 11 is 0. The fraction of sp³-hybridized carbons (Fsp3) is 0.300. The Morgan fingerprint density at radius 3 is 2.30 bits per heavy atom. The van der Waals surface area contributed by atoms with Crippen molar-refractivity contribution in [2.24, 2.45) is 0 Å². The van der Waals surface area contributed by atoms with Gasteiger partial charge in [0.1, 0.15) is 23.8 Å². The minimum Gasteiger partial charge on any atom is -0.497 e. The quantitative estimate of drug-likeness (QED) is 0.770. The van der Waals surface area contributed by atoms with Crippen LogP contribution in [-0.4, -0.2) is 39.7 Å². The fourth-order valence-electron chi connectivity index (χ4n) is 2.62. The van der Waals surface area contributed by atoms with Crippen molar-refractivity contribution in [2.75, 3.05) is 32.8 Å². The number of carbonyl (C=O) groups excluding carboxylic acids is 2. The number of para-hydroxylation sites is 1. The molecule has 0 aliphatic carbocycles. The van der Waals surface area contributed by atoms with Gasteiger partial charge in [0.2, 0.25) is 11.8 Å². The van der Waals surface area contributed by atoms with Crippen molar-refractivity contribution < 1.29 is 23.8 Å². The van der Waals surface area contributed by atoms with E-state index >= 15 is 0 Å². The normalized spacial score (nSPS) is 10.1. The van der Waals surface area contributed by atoms with Crippen molar-refractivity contribution in [3.8, 4) is 17.2 Å². The van der Waals surface area contributed by atoms with E-state index in [4.69, 9.17) is 14.2 Å². The van der Waals surface area contributed by atoms with Crippen LogP contribution in [0.25, 0.3) is 0 Å². The van der Waals surface area contributed by atoms with E-state index in [0.29, 0.717) is 29.5 Å². The van der Waals surface area contributed by atoms with Crippen LogP contribution in [0.4, 0.5) is 5.69 Å². The molecule has 1 N–H and O–H groups in total. The van der Waals surface area contributed by atoms with E-state index in [1.807, 2.05) is 24.3 Å². The third-order valence-corrected chi connectivity index (χ3v) is 4.03. The predicted molar refractivity (Wildman–Crippen MR) is 102 cm³/mol. The maximum absolute atomic E-state index is 12.4. The molecule has 0 aliphatic heterocycles. The molecule has 2 rings (SSSR count). The molecule has 0 atom stereocenters. The molecule has 27 heavy (non-hydrogen) atoms. The lowest BCUT2D eigenvalue weighted by molar-refractivity contribution is -0.123. The lowest BCUT2D eigenvalue weighted by Crippen LogP contribution is -2.39. The number of benzene rings is 2. The number of anilines is 1. The maximum Gasteiger partial charge on any atom is 0.240 e. The monoisotopic (exact) mass is 372 g/mol. The van der Waals surface area contributed by atoms with E-state index in [1.165, 1.54) is 18.9 Å². The molecule has 0 saturated carbocycles. The summed E-state index contributed by atoms with van der Waals surface area (Å²) < 4.78 is 15.8. The highest BCUT2D eigenvalue weighted by Crippen LogP contribution is 2.32. The summed E-state index contributed by atoms with van der Waals surface area (Å²) in [6.45, 7) is 1.57. The largest absolute Gasteiger partial charge is 0.497 e. The molecule has 2 aromatic carbocycles. The van der Waals surface area contributed by atoms with Crippen LogP contribution in [0.5, 0.6) is 17.2 Å². The predicted octanol–water partition coefficient (Wildman–Crippen LogP) is 2.38. The van der Waals surface area contributed by atoms with Crippen LogP contribution in [0.1, 0.15) is 12.5 Å². The minimum atomic E-state index is -0.297. The molecule has 0 saturated heterocycles. The Bertz CT molecular complexity index is 807. The first kappa shape index (κ1) is 20.1. The van der Waals surface area contributed by atoms with E-state index in [0.717, 1.165) is 5.56 Å². The zero-order chi connectivity index (χ0) is 19.8. The highest BCUT2D eigenvalue weighted by atomic mass is 16.5. The van der Waals surface area contributed by atoms with Gasteiger partial charge in [-0.25, -0.2) is 0 Å². The number of ether oxygens (including phenoxy) is 3. The van der Waals surface area contributed by atoms with Gasteiger partial charge in [0.25, 0.3) is 0 Å². The van der Waals surface area contributed by atoms with Gasteiger partial charge in [-0.05, 0) is 18.2 Å². The molecule has 0 aromatic heterocycles. The number of carbonyl (C=O) groups is 2. The smallest absolute Gasteiger partial charge is 0.240 e.